The zero-order valence-electron chi connectivity index (χ0n) is 15.1. The van der Waals surface area contributed by atoms with Gasteiger partial charge in [-0.2, -0.15) is 0 Å². The molecular formula is C19H22ClFN3O3+. The zero-order chi connectivity index (χ0) is 19.8. The molecule has 0 radical (unpaired) electrons. The summed E-state index contributed by atoms with van der Waals surface area (Å²) >= 11 is 5.91. The topological polar surface area (TPSA) is 71.9 Å². The smallest absolute Gasteiger partial charge is 0.279 e. The Morgan fingerprint density at radius 1 is 1.07 bits per heavy atom. The van der Waals surface area contributed by atoms with Crippen LogP contribution in [0.2, 0.25) is 5.02 Å². The molecule has 0 heterocycles. The number of hydrogen-bond acceptors (Lipinski definition) is 3. The second-order valence-corrected chi connectivity index (χ2v) is 6.29. The number of ether oxygens (including phenoxy) is 1. The van der Waals surface area contributed by atoms with Crippen molar-refractivity contribution >= 4 is 34.8 Å². The van der Waals surface area contributed by atoms with Crippen LogP contribution in [0.5, 0.6) is 5.75 Å². The average Bonchev–Trinajstić information content (AvgIpc) is 2.64. The quantitative estimate of drug-likeness (QED) is 0.641. The van der Waals surface area contributed by atoms with Crippen LogP contribution in [0.25, 0.3) is 0 Å². The van der Waals surface area contributed by atoms with Crippen LogP contribution < -0.4 is 20.3 Å². The first-order valence-electron chi connectivity index (χ1n) is 8.44. The first kappa shape index (κ1) is 20.7. The Balaban J connectivity index is 1.92. The Bertz CT molecular complexity index is 817. The van der Waals surface area contributed by atoms with E-state index in [1.165, 1.54) is 19.2 Å². The van der Waals surface area contributed by atoms with Crippen molar-refractivity contribution in [3.05, 3.63) is 53.3 Å². The number of methoxy groups -OCH3 is 1. The van der Waals surface area contributed by atoms with Crippen LogP contribution in [-0.2, 0) is 9.59 Å². The molecule has 0 aliphatic rings. The first-order chi connectivity index (χ1) is 12.9. The summed E-state index contributed by atoms with van der Waals surface area (Å²) < 4.78 is 18.3. The summed E-state index contributed by atoms with van der Waals surface area (Å²) in [6, 6.07) is 10.8. The van der Waals surface area contributed by atoms with E-state index in [9.17, 15) is 14.0 Å². The summed E-state index contributed by atoms with van der Waals surface area (Å²) in [4.78, 5) is 25.3. The number of carbonyl (C=O) groups excluding carboxylic acids is 2. The Morgan fingerprint density at radius 2 is 1.70 bits per heavy atom. The number of rotatable bonds is 8. The molecule has 0 saturated carbocycles. The Hall–Kier alpha value is -2.64. The van der Waals surface area contributed by atoms with Crippen LogP contribution in [0.15, 0.2) is 42.5 Å². The van der Waals surface area contributed by atoms with E-state index >= 15 is 0 Å². The van der Waals surface area contributed by atoms with Gasteiger partial charge in [0, 0.05) is 0 Å². The fourth-order valence-electron chi connectivity index (χ4n) is 2.49. The van der Waals surface area contributed by atoms with E-state index in [2.05, 4.69) is 10.6 Å². The lowest BCUT2D eigenvalue weighted by Crippen LogP contribution is -3.13. The Labute approximate surface area is 162 Å². The lowest BCUT2D eigenvalue weighted by Gasteiger charge is -2.17. The third-order valence-electron chi connectivity index (χ3n) is 3.91. The minimum atomic E-state index is -0.480. The molecule has 1 unspecified atom stereocenters. The van der Waals surface area contributed by atoms with Crippen molar-refractivity contribution in [3.8, 4) is 5.75 Å². The highest BCUT2D eigenvalue weighted by Gasteiger charge is 2.18. The summed E-state index contributed by atoms with van der Waals surface area (Å²) in [6.07, 6.45) is 0. The van der Waals surface area contributed by atoms with E-state index in [4.69, 9.17) is 16.3 Å². The third kappa shape index (κ3) is 6.23. The molecule has 2 amide bonds. The minimum Gasteiger partial charge on any atom is -0.495 e. The number of benzene rings is 2. The van der Waals surface area contributed by atoms with E-state index < -0.39 is 5.82 Å². The maximum Gasteiger partial charge on any atom is 0.279 e. The normalized spacial score (nSPS) is 11.6. The summed E-state index contributed by atoms with van der Waals surface area (Å²) in [5, 5.41) is 5.54. The van der Waals surface area contributed by atoms with Gasteiger partial charge in [-0.3, -0.25) is 9.59 Å². The lowest BCUT2D eigenvalue weighted by atomic mass is 10.3. The molecule has 1 atom stereocenters. The fourth-order valence-corrected chi connectivity index (χ4v) is 2.71. The highest BCUT2D eigenvalue weighted by molar-refractivity contribution is 6.33. The first-order valence-corrected chi connectivity index (χ1v) is 8.82. The van der Waals surface area contributed by atoms with Gasteiger partial charge in [-0.25, -0.2) is 4.39 Å². The molecule has 0 aliphatic carbocycles. The van der Waals surface area contributed by atoms with Crippen LogP contribution in [0.3, 0.4) is 0 Å². The number of hydrogen-bond donors (Lipinski definition) is 3. The van der Waals surface area contributed by atoms with Crippen LogP contribution in [0.4, 0.5) is 15.8 Å². The molecule has 144 valence electrons. The standard InChI is InChI=1S/C19H21ClFN3O3/c1-3-24(11-18(25)22-15-9-8-13(21)10-14(15)20)12-19(26)23-16-6-4-5-7-17(16)27-2/h4-10H,3,11-12H2,1-2H3,(H,22,25)(H,23,26)/p+1. The van der Waals surface area contributed by atoms with Crippen LogP contribution in [0.1, 0.15) is 6.92 Å². The molecule has 8 heteroatoms. The van der Waals surface area contributed by atoms with Gasteiger partial charge in [-0.1, -0.05) is 23.7 Å². The van der Waals surface area contributed by atoms with Crippen molar-refractivity contribution < 1.29 is 23.6 Å². The SMILES string of the molecule is CC[NH+](CC(=O)Nc1ccc(F)cc1Cl)CC(=O)Nc1ccccc1OC. The minimum absolute atomic E-state index is 0.0730. The van der Waals surface area contributed by atoms with Crippen LogP contribution in [-0.4, -0.2) is 38.6 Å². The van der Waals surface area contributed by atoms with Gasteiger partial charge >= 0.3 is 0 Å². The third-order valence-corrected chi connectivity index (χ3v) is 4.22. The van der Waals surface area contributed by atoms with Crippen molar-refractivity contribution in [1.29, 1.82) is 0 Å². The second kappa shape index (κ2) is 9.89. The monoisotopic (exact) mass is 394 g/mol. The molecule has 2 aromatic carbocycles. The van der Waals surface area contributed by atoms with Gasteiger partial charge in [0.1, 0.15) is 11.6 Å². The van der Waals surface area contributed by atoms with E-state index in [1.807, 2.05) is 13.0 Å². The maximum atomic E-state index is 13.1. The van der Waals surface area contributed by atoms with E-state index in [0.717, 1.165) is 11.0 Å². The Morgan fingerprint density at radius 3 is 2.30 bits per heavy atom. The van der Waals surface area contributed by atoms with Crippen molar-refractivity contribution in [2.24, 2.45) is 0 Å². The summed E-state index contributed by atoms with van der Waals surface area (Å²) in [5.41, 5.74) is 0.903. The molecule has 0 saturated heterocycles. The van der Waals surface area contributed by atoms with Crippen molar-refractivity contribution in [3.63, 3.8) is 0 Å². The molecule has 0 fully saturated rings. The molecule has 2 rings (SSSR count). The van der Waals surface area contributed by atoms with Gasteiger partial charge in [0.05, 0.1) is 30.1 Å². The van der Waals surface area contributed by atoms with Gasteiger partial charge in [-0.15, -0.1) is 0 Å². The van der Waals surface area contributed by atoms with Gasteiger partial charge in [0.25, 0.3) is 11.8 Å². The van der Waals surface area contributed by atoms with Gasteiger partial charge < -0.3 is 20.3 Å². The van der Waals surface area contributed by atoms with Gasteiger partial charge in [-0.05, 0) is 37.3 Å². The summed E-state index contributed by atoms with van der Waals surface area (Å²) in [7, 11) is 1.53. The predicted molar refractivity (Wildman–Crippen MR) is 103 cm³/mol. The summed E-state index contributed by atoms with van der Waals surface area (Å²) in [5.74, 6) is -0.464. The molecule has 2 aromatic rings. The van der Waals surface area contributed by atoms with E-state index in [1.54, 1.807) is 18.2 Å². The molecular weight excluding hydrogens is 373 g/mol. The number of amides is 2. The highest BCUT2D eigenvalue weighted by atomic mass is 35.5. The van der Waals surface area contributed by atoms with Gasteiger partial charge in [0.15, 0.2) is 13.1 Å². The van der Waals surface area contributed by atoms with Crippen molar-refractivity contribution in [1.82, 2.24) is 0 Å². The number of carbonyl (C=O) groups is 2. The molecule has 0 spiro atoms. The van der Waals surface area contributed by atoms with E-state index in [-0.39, 0.29) is 29.9 Å². The van der Waals surface area contributed by atoms with E-state index in [0.29, 0.717) is 23.7 Å². The molecule has 0 bridgehead atoms. The Kier molecular flexibility index (Phi) is 7.57. The molecule has 6 nitrogen and oxygen atoms in total. The van der Waals surface area contributed by atoms with Crippen LogP contribution >= 0.6 is 11.6 Å². The molecule has 0 aromatic heterocycles. The summed E-state index contributed by atoms with van der Waals surface area (Å²) in [6.45, 7) is 2.64. The van der Waals surface area contributed by atoms with Gasteiger partial charge in [0.2, 0.25) is 0 Å². The number of nitrogens with one attached hydrogen (secondary N) is 3. The lowest BCUT2D eigenvalue weighted by molar-refractivity contribution is -0.881. The van der Waals surface area contributed by atoms with Crippen LogP contribution in [0, 0.1) is 5.82 Å². The fraction of sp³-hybridized carbons (Fsp3) is 0.263. The van der Waals surface area contributed by atoms with Crippen molar-refractivity contribution in [2.75, 3.05) is 37.4 Å². The number of anilines is 2. The average molecular weight is 395 g/mol. The largest absolute Gasteiger partial charge is 0.495 e. The predicted octanol–water partition coefficient (Wildman–Crippen LogP) is 1.97. The number of quaternary nitrogens is 1. The number of halogens is 2. The molecule has 27 heavy (non-hydrogen) atoms. The molecule has 3 N–H and O–H groups in total. The van der Waals surface area contributed by atoms with Crippen molar-refractivity contribution in [2.45, 2.75) is 6.92 Å². The highest BCUT2D eigenvalue weighted by Crippen LogP contribution is 2.23. The zero-order valence-corrected chi connectivity index (χ0v) is 15.9. The molecule has 0 aliphatic heterocycles. The maximum absolute atomic E-state index is 13.1. The second-order valence-electron chi connectivity index (χ2n) is 5.88. The number of para-hydroxylation sites is 2. The number of likely N-dealkylation sites (N-methyl/N-ethyl adjacent to an activating group) is 1.